The van der Waals surface area contributed by atoms with Crippen molar-refractivity contribution < 1.29 is 57.8 Å². The Labute approximate surface area is 447 Å². The van der Waals surface area contributed by atoms with E-state index in [1.165, 1.54) is 0 Å². The summed E-state index contributed by atoms with van der Waals surface area (Å²) < 4.78 is 5.67. The first-order chi connectivity index (χ1) is 35.8. The van der Waals surface area contributed by atoms with E-state index in [2.05, 4.69) is 47.9 Å². The highest BCUT2D eigenvalue weighted by Crippen LogP contribution is 2.16. The van der Waals surface area contributed by atoms with Crippen LogP contribution in [0.25, 0.3) is 0 Å². The van der Waals surface area contributed by atoms with Crippen molar-refractivity contribution in [1.82, 2.24) is 47.9 Å². The molecule has 1 fully saturated rings. The number of nitrogens with two attached hydrogens (primary N) is 3. The van der Waals surface area contributed by atoms with E-state index >= 15 is 0 Å². The summed E-state index contributed by atoms with van der Waals surface area (Å²) in [5.74, 6) is -10.2. The van der Waals surface area contributed by atoms with Crippen LogP contribution in [0, 0.1) is 29.6 Å². The van der Waals surface area contributed by atoms with E-state index in [0.29, 0.717) is 5.56 Å². The average Bonchev–Trinajstić information content (AvgIpc) is 3.34. The molecule has 24 nitrogen and oxygen atoms in total. The lowest BCUT2D eigenvalue weighted by atomic mass is 9.98. The maximum Gasteiger partial charge on any atom is 0.331 e. The third-order valence-corrected chi connectivity index (χ3v) is 12.6. The SMILES string of the molecule is CC(C)C[C@@H]1NC(=O)[C@H](Cc2ccccc2)NC(=O)[C@@H](CCN)NC(=O)[C@@H](C(C)C)NC(=O)[C@@H](CCN)NC(=O)C[C@@H](C(C)C)OC(=O)[C@@H](CO)NC(=O)[C@H](CC(C)C)NC(=O)[C@@H](C(C)C)NC(=O)[C@H](CCN)NC1=O. The third-order valence-electron chi connectivity index (χ3n) is 12.6. The normalized spacial score (nSPS) is 26.3. The summed E-state index contributed by atoms with van der Waals surface area (Å²) in [6, 6.07) is -3.30. The Bertz CT molecular complexity index is 2090. The standard InChI is InChI=1S/C52H88N12O12/c1-27(2)22-36-47(70)57-35(18-21-55)46(69)64-43(31(9)10)51(74)61-37(23-28(3)4)48(71)62-39(26-65)52(75)76-40(29(5)6)25-41(66)56-33(16-19-53)45(68)63-42(30(7)8)50(73)58-34(17-20-54)44(67)60-38(49(72)59-36)24-32-14-12-11-13-15-32/h11-15,27-31,33-40,42-43,65H,16-26,53-55H2,1-10H3,(H,56,66)(H,57,70)(H,58,73)(H,59,72)(H,60,67)(H,61,74)(H,62,71)(H,63,68)(H,64,69)/t33-,34-,35+,36+,37+,38+,39-,40+,42-,43-/m1/s1. The fourth-order valence-corrected chi connectivity index (χ4v) is 8.22. The topological polar surface area (TPSA) is 386 Å². The molecule has 1 aliphatic heterocycles. The molecule has 0 unspecified atom stereocenters. The monoisotopic (exact) mass is 1070 g/mol. The number of ether oxygens (including phenoxy) is 1. The highest BCUT2D eigenvalue weighted by atomic mass is 16.5. The molecule has 428 valence electrons. The molecule has 0 aromatic heterocycles. The van der Waals surface area contributed by atoms with Gasteiger partial charge in [-0.05, 0) is 86.9 Å². The number of carbonyl (C=O) groups excluding carboxylic acids is 10. The number of hydrogen-bond acceptors (Lipinski definition) is 15. The van der Waals surface area contributed by atoms with Gasteiger partial charge in [-0.25, -0.2) is 4.79 Å². The average molecular weight is 1070 g/mol. The molecule has 1 heterocycles. The van der Waals surface area contributed by atoms with Crippen LogP contribution in [0.5, 0.6) is 0 Å². The highest BCUT2D eigenvalue weighted by molar-refractivity contribution is 5.98. The minimum absolute atomic E-state index is 0.0530. The fraction of sp³-hybridized carbons (Fsp3) is 0.692. The van der Waals surface area contributed by atoms with E-state index in [0.717, 1.165) is 0 Å². The predicted molar refractivity (Wildman–Crippen MR) is 284 cm³/mol. The fourth-order valence-electron chi connectivity index (χ4n) is 8.22. The van der Waals surface area contributed by atoms with Crippen LogP contribution in [-0.4, -0.2) is 151 Å². The van der Waals surface area contributed by atoms with Crippen molar-refractivity contribution in [3.8, 4) is 0 Å². The van der Waals surface area contributed by atoms with E-state index in [9.17, 15) is 53.1 Å². The smallest absolute Gasteiger partial charge is 0.331 e. The van der Waals surface area contributed by atoms with Crippen molar-refractivity contribution in [2.24, 2.45) is 46.8 Å². The largest absolute Gasteiger partial charge is 0.460 e. The maximum atomic E-state index is 14.4. The molecule has 16 N–H and O–H groups in total. The quantitative estimate of drug-likeness (QED) is 0.0797. The Kier molecular flexibility index (Phi) is 28.6. The number of carbonyl (C=O) groups is 10. The van der Waals surface area contributed by atoms with Crippen LogP contribution in [0.15, 0.2) is 30.3 Å². The zero-order valence-electron chi connectivity index (χ0n) is 46.0. The predicted octanol–water partition coefficient (Wildman–Crippen LogP) is -1.99. The van der Waals surface area contributed by atoms with Crippen molar-refractivity contribution in [2.45, 2.75) is 175 Å². The number of benzene rings is 1. The van der Waals surface area contributed by atoms with Crippen molar-refractivity contribution >= 4 is 59.1 Å². The molecule has 0 bridgehead atoms. The molecule has 1 aromatic carbocycles. The van der Waals surface area contributed by atoms with Crippen molar-refractivity contribution in [3.63, 3.8) is 0 Å². The summed E-state index contributed by atoms with van der Waals surface area (Å²) in [5.41, 5.74) is 18.4. The van der Waals surface area contributed by atoms with Gasteiger partial charge in [-0.2, -0.15) is 0 Å². The molecule has 10 atom stereocenters. The van der Waals surface area contributed by atoms with Crippen LogP contribution < -0.4 is 65.1 Å². The van der Waals surface area contributed by atoms with Crippen LogP contribution >= 0.6 is 0 Å². The number of rotatable bonds is 16. The van der Waals surface area contributed by atoms with Gasteiger partial charge in [0.25, 0.3) is 0 Å². The van der Waals surface area contributed by atoms with Gasteiger partial charge in [0.1, 0.15) is 54.4 Å². The molecule has 1 aliphatic rings. The zero-order chi connectivity index (χ0) is 57.4. The number of aliphatic hydroxyl groups is 1. The van der Waals surface area contributed by atoms with Gasteiger partial charge in [0, 0.05) is 6.42 Å². The van der Waals surface area contributed by atoms with E-state index in [4.69, 9.17) is 21.9 Å². The summed E-state index contributed by atoms with van der Waals surface area (Å²) in [5, 5.41) is 34.2. The molecular weight excluding hydrogens is 985 g/mol. The number of esters is 1. The number of hydrogen-bond donors (Lipinski definition) is 13. The van der Waals surface area contributed by atoms with Gasteiger partial charge in [-0.15, -0.1) is 0 Å². The van der Waals surface area contributed by atoms with Gasteiger partial charge in [0.2, 0.25) is 53.2 Å². The zero-order valence-corrected chi connectivity index (χ0v) is 46.0. The molecule has 0 saturated carbocycles. The molecule has 0 spiro atoms. The molecule has 2 rings (SSSR count). The number of aliphatic hydroxyl groups excluding tert-OH is 1. The number of cyclic esters (lactones) is 1. The molecule has 1 aromatic rings. The molecule has 1 saturated heterocycles. The lowest BCUT2D eigenvalue weighted by Gasteiger charge is -2.30. The first-order valence-electron chi connectivity index (χ1n) is 26.4. The molecule has 0 aliphatic carbocycles. The second kappa shape index (κ2) is 33.0. The third kappa shape index (κ3) is 22.2. The van der Waals surface area contributed by atoms with E-state index < -0.39 is 150 Å². The van der Waals surface area contributed by atoms with Crippen molar-refractivity contribution in [3.05, 3.63) is 35.9 Å². The summed E-state index contributed by atoms with van der Waals surface area (Å²) in [4.78, 5) is 140. The molecule has 9 amide bonds. The van der Waals surface area contributed by atoms with Gasteiger partial charge >= 0.3 is 5.97 Å². The molecular formula is C52H88N12O12. The Balaban J connectivity index is 2.78. The van der Waals surface area contributed by atoms with Gasteiger partial charge in [-0.1, -0.05) is 99.6 Å². The van der Waals surface area contributed by atoms with Gasteiger partial charge in [-0.3, -0.25) is 43.2 Å². The Morgan fingerprint density at radius 1 is 0.461 bits per heavy atom. The van der Waals surface area contributed by atoms with E-state index in [1.54, 1.807) is 85.7 Å². The highest BCUT2D eigenvalue weighted by Gasteiger charge is 2.38. The number of nitrogens with one attached hydrogen (secondary N) is 9. The Hall–Kier alpha value is -6.24. The van der Waals surface area contributed by atoms with Crippen LogP contribution in [0.2, 0.25) is 0 Å². The van der Waals surface area contributed by atoms with Gasteiger partial charge < -0.3 is 74.9 Å². The first kappa shape index (κ1) is 65.9. The minimum Gasteiger partial charge on any atom is -0.460 e. The van der Waals surface area contributed by atoms with Crippen molar-refractivity contribution in [2.75, 3.05) is 26.2 Å². The van der Waals surface area contributed by atoms with Crippen LogP contribution in [0.1, 0.15) is 113 Å². The van der Waals surface area contributed by atoms with Crippen LogP contribution in [0.3, 0.4) is 0 Å². The minimum atomic E-state index is -1.65. The van der Waals surface area contributed by atoms with Gasteiger partial charge in [0.15, 0.2) is 6.04 Å². The van der Waals surface area contributed by atoms with Gasteiger partial charge in [0.05, 0.1) is 13.0 Å². The summed E-state index contributed by atoms with van der Waals surface area (Å²) in [7, 11) is 0. The van der Waals surface area contributed by atoms with Crippen LogP contribution in [0.4, 0.5) is 0 Å². The summed E-state index contributed by atoms with van der Waals surface area (Å²) >= 11 is 0. The van der Waals surface area contributed by atoms with E-state index in [1.807, 2.05) is 13.8 Å². The molecule has 24 heteroatoms. The Morgan fingerprint density at radius 2 is 0.816 bits per heavy atom. The molecule has 0 radical (unpaired) electrons. The Morgan fingerprint density at radius 3 is 1.22 bits per heavy atom. The second-order valence-corrected chi connectivity index (χ2v) is 21.2. The summed E-state index contributed by atoms with van der Waals surface area (Å²) in [6.45, 7) is 15.9. The second-order valence-electron chi connectivity index (χ2n) is 21.2. The van der Waals surface area contributed by atoms with Crippen molar-refractivity contribution in [1.29, 1.82) is 0 Å². The maximum absolute atomic E-state index is 14.4. The first-order valence-corrected chi connectivity index (χ1v) is 26.4. The van der Waals surface area contributed by atoms with E-state index in [-0.39, 0.29) is 70.0 Å². The summed E-state index contributed by atoms with van der Waals surface area (Å²) in [6.07, 6.45) is -1.82. The lowest BCUT2D eigenvalue weighted by molar-refractivity contribution is -0.158. The lowest BCUT2D eigenvalue weighted by Crippen LogP contribution is -2.61. The number of amides is 9. The van der Waals surface area contributed by atoms with Crippen LogP contribution in [-0.2, 0) is 59.1 Å². The molecule has 76 heavy (non-hydrogen) atoms.